The molecule has 2 rings (SSSR count). The summed E-state index contributed by atoms with van der Waals surface area (Å²) < 4.78 is 23.4. The molecule has 1 atom stereocenters. The highest BCUT2D eigenvalue weighted by molar-refractivity contribution is 6.33. The van der Waals surface area contributed by atoms with Crippen molar-refractivity contribution in [2.24, 2.45) is 0 Å². The second-order valence-corrected chi connectivity index (χ2v) is 5.30. The maximum absolute atomic E-state index is 13.0. The fourth-order valence-corrected chi connectivity index (χ4v) is 2.66. The highest BCUT2D eigenvalue weighted by Crippen LogP contribution is 2.39. The van der Waals surface area contributed by atoms with E-state index in [1.54, 1.807) is 12.1 Å². The summed E-state index contributed by atoms with van der Waals surface area (Å²) in [6.45, 7) is 0. The molecule has 0 spiro atoms. The molecule has 0 saturated heterocycles. The van der Waals surface area contributed by atoms with Crippen molar-refractivity contribution in [2.45, 2.75) is 12.3 Å². The first-order valence-corrected chi connectivity index (χ1v) is 7.23. The van der Waals surface area contributed by atoms with Crippen molar-refractivity contribution in [1.82, 2.24) is 0 Å². The standard InChI is InChI=1S/C17H16ClFO4/c1-22-14-8-5-11(15(18)16(14)23-2)9-13(17(20)21)10-3-6-12(19)7-4-10/h3-8,13H,9H2,1-2H3,(H,20,21). The predicted molar refractivity (Wildman–Crippen MR) is 85.0 cm³/mol. The number of carbonyl (C=O) groups is 1. The number of carboxylic acids is 1. The molecule has 1 unspecified atom stereocenters. The molecule has 0 aliphatic rings. The van der Waals surface area contributed by atoms with Gasteiger partial charge in [-0.2, -0.15) is 0 Å². The van der Waals surface area contributed by atoms with Gasteiger partial charge in [0.2, 0.25) is 0 Å². The van der Waals surface area contributed by atoms with E-state index < -0.39 is 17.7 Å². The van der Waals surface area contributed by atoms with Gasteiger partial charge < -0.3 is 14.6 Å². The van der Waals surface area contributed by atoms with Gasteiger partial charge in [0.05, 0.1) is 25.2 Å². The van der Waals surface area contributed by atoms with Gasteiger partial charge in [-0.05, 0) is 35.7 Å². The van der Waals surface area contributed by atoms with Gasteiger partial charge in [-0.1, -0.05) is 29.8 Å². The lowest BCUT2D eigenvalue weighted by Gasteiger charge is -2.16. The van der Waals surface area contributed by atoms with Crippen molar-refractivity contribution in [3.05, 3.63) is 58.4 Å². The summed E-state index contributed by atoms with van der Waals surface area (Å²) in [4.78, 5) is 11.6. The summed E-state index contributed by atoms with van der Waals surface area (Å²) in [6, 6.07) is 8.77. The van der Waals surface area contributed by atoms with E-state index in [0.29, 0.717) is 27.6 Å². The maximum atomic E-state index is 13.0. The Kier molecular flexibility index (Phi) is 5.45. The number of hydrogen-bond donors (Lipinski definition) is 1. The first-order valence-electron chi connectivity index (χ1n) is 6.85. The van der Waals surface area contributed by atoms with E-state index in [0.717, 1.165) is 0 Å². The Morgan fingerprint density at radius 3 is 2.35 bits per heavy atom. The minimum Gasteiger partial charge on any atom is -0.493 e. The Bertz CT molecular complexity index is 700. The van der Waals surface area contributed by atoms with Gasteiger partial charge in [0.25, 0.3) is 0 Å². The molecule has 2 aromatic rings. The minimum absolute atomic E-state index is 0.153. The predicted octanol–water partition coefficient (Wildman–Crippen LogP) is 3.91. The van der Waals surface area contributed by atoms with Gasteiger partial charge in [-0.25, -0.2) is 4.39 Å². The van der Waals surface area contributed by atoms with E-state index in [9.17, 15) is 14.3 Å². The second-order valence-electron chi connectivity index (χ2n) is 4.92. The van der Waals surface area contributed by atoms with E-state index in [2.05, 4.69) is 0 Å². The maximum Gasteiger partial charge on any atom is 0.311 e. The van der Waals surface area contributed by atoms with Gasteiger partial charge in [0.15, 0.2) is 11.5 Å². The van der Waals surface area contributed by atoms with E-state index in [1.165, 1.54) is 38.5 Å². The van der Waals surface area contributed by atoms with Crippen LogP contribution < -0.4 is 9.47 Å². The van der Waals surface area contributed by atoms with Crippen LogP contribution in [0.3, 0.4) is 0 Å². The molecule has 23 heavy (non-hydrogen) atoms. The second kappa shape index (κ2) is 7.33. The third-order valence-electron chi connectivity index (χ3n) is 3.56. The number of methoxy groups -OCH3 is 2. The molecule has 1 N–H and O–H groups in total. The lowest BCUT2D eigenvalue weighted by molar-refractivity contribution is -0.138. The first-order chi connectivity index (χ1) is 11.0. The van der Waals surface area contributed by atoms with Crippen LogP contribution in [0.25, 0.3) is 0 Å². The van der Waals surface area contributed by atoms with Crippen LogP contribution in [-0.2, 0) is 11.2 Å². The Labute approximate surface area is 138 Å². The summed E-state index contributed by atoms with van der Waals surface area (Å²) in [5.74, 6) is -1.44. The van der Waals surface area contributed by atoms with Crippen LogP contribution in [0.4, 0.5) is 4.39 Å². The molecule has 0 aliphatic carbocycles. The van der Waals surface area contributed by atoms with Crippen LogP contribution in [0.15, 0.2) is 36.4 Å². The fourth-order valence-electron chi connectivity index (χ4n) is 2.35. The van der Waals surface area contributed by atoms with Crippen LogP contribution in [0.1, 0.15) is 17.0 Å². The lowest BCUT2D eigenvalue weighted by Crippen LogP contribution is -2.15. The summed E-state index contributed by atoms with van der Waals surface area (Å²) >= 11 is 6.30. The zero-order valence-corrected chi connectivity index (χ0v) is 13.4. The molecule has 0 aromatic heterocycles. The lowest BCUT2D eigenvalue weighted by atomic mass is 9.92. The molecule has 6 heteroatoms. The minimum atomic E-state index is -1.01. The zero-order chi connectivity index (χ0) is 17.0. The van der Waals surface area contributed by atoms with Gasteiger partial charge in [-0.3, -0.25) is 4.79 Å². The topological polar surface area (TPSA) is 55.8 Å². The monoisotopic (exact) mass is 338 g/mol. The molecule has 0 radical (unpaired) electrons. The van der Waals surface area contributed by atoms with Crippen LogP contribution in [0.2, 0.25) is 5.02 Å². The van der Waals surface area contributed by atoms with E-state index in [-0.39, 0.29) is 6.42 Å². The highest BCUT2D eigenvalue weighted by Gasteiger charge is 2.23. The molecule has 2 aromatic carbocycles. The number of aliphatic carboxylic acids is 1. The summed E-state index contributed by atoms with van der Waals surface area (Å²) in [7, 11) is 2.95. The Hall–Kier alpha value is -2.27. The fraction of sp³-hybridized carbons (Fsp3) is 0.235. The Morgan fingerprint density at radius 2 is 1.83 bits per heavy atom. The Balaban J connectivity index is 2.38. The van der Waals surface area contributed by atoms with E-state index in [1.807, 2.05) is 0 Å². The van der Waals surface area contributed by atoms with Crippen molar-refractivity contribution < 1.29 is 23.8 Å². The highest BCUT2D eigenvalue weighted by atomic mass is 35.5. The van der Waals surface area contributed by atoms with Crippen molar-refractivity contribution in [3.63, 3.8) is 0 Å². The quantitative estimate of drug-likeness (QED) is 0.867. The Morgan fingerprint density at radius 1 is 1.17 bits per heavy atom. The van der Waals surface area contributed by atoms with Crippen molar-refractivity contribution in [1.29, 1.82) is 0 Å². The molecular formula is C17H16ClFO4. The SMILES string of the molecule is COc1ccc(CC(C(=O)O)c2ccc(F)cc2)c(Cl)c1OC. The van der Waals surface area contributed by atoms with Gasteiger partial charge in [-0.15, -0.1) is 0 Å². The average molecular weight is 339 g/mol. The van der Waals surface area contributed by atoms with Gasteiger partial charge in [0.1, 0.15) is 5.82 Å². The van der Waals surface area contributed by atoms with Crippen LogP contribution >= 0.6 is 11.6 Å². The third-order valence-corrected chi connectivity index (χ3v) is 3.97. The molecule has 4 nitrogen and oxygen atoms in total. The summed E-state index contributed by atoms with van der Waals surface area (Å²) in [5, 5.41) is 9.79. The van der Waals surface area contributed by atoms with E-state index >= 15 is 0 Å². The number of benzene rings is 2. The number of carboxylic acid groups (broad SMARTS) is 1. The molecule has 0 fully saturated rings. The number of hydrogen-bond acceptors (Lipinski definition) is 3. The molecular weight excluding hydrogens is 323 g/mol. The smallest absolute Gasteiger partial charge is 0.311 e. The first kappa shape index (κ1) is 17.1. The van der Waals surface area contributed by atoms with E-state index in [4.69, 9.17) is 21.1 Å². The largest absolute Gasteiger partial charge is 0.493 e. The number of rotatable bonds is 6. The van der Waals surface area contributed by atoms with Crippen molar-refractivity contribution >= 4 is 17.6 Å². The number of ether oxygens (including phenoxy) is 2. The van der Waals surface area contributed by atoms with Crippen molar-refractivity contribution in [2.75, 3.05) is 14.2 Å². The zero-order valence-electron chi connectivity index (χ0n) is 12.7. The molecule has 0 bridgehead atoms. The molecule has 0 amide bonds. The van der Waals surface area contributed by atoms with Crippen LogP contribution in [-0.4, -0.2) is 25.3 Å². The van der Waals surface area contributed by atoms with Gasteiger partial charge in [0, 0.05) is 0 Å². The summed E-state index contributed by atoms with van der Waals surface area (Å²) in [5.41, 5.74) is 1.12. The van der Waals surface area contributed by atoms with Crippen LogP contribution in [0.5, 0.6) is 11.5 Å². The van der Waals surface area contributed by atoms with Crippen molar-refractivity contribution in [3.8, 4) is 11.5 Å². The number of halogens is 2. The molecule has 0 aliphatic heterocycles. The van der Waals surface area contributed by atoms with Crippen LogP contribution in [0, 0.1) is 5.82 Å². The molecule has 122 valence electrons. The summed E-state index contributed by atoms with van der Waals surface area (Å²) in [6.07, 6.45) is 0.153. The average Bonchev–Trinajstić information content (AvgIpc) is 2.54. The normalized spacial score (nSPS) is 11.8. The molecule has 0 heterocycles. The third kappa shape index (κ3) is 3.74. The van der Waals surface area contributed by atoms with Gasteiger partial charge >= 0.3 is 5.97 Å². The molecule has 0 saturated carbocycles.